The fourth-order valence-electron chi connectivity index (χ4n) is 1.84. The standard InChI is InChI=1S/C14H15N3O5S/c1-21-9-5-6-16-13(7-9)17-23(19,20)10-3-4-12(22-2)11(8-10)14(15)18/h3-8H,1-2H3,(H2,15,18)(H,16,17). The highest BCUT2D eigenvalue weighted by Crippen LogP contribution is 2.24. The smallest absolute Gasteiger partial charge is 0.263 e. The van der Waals surface area contributed by atoms with Gasteiger partial charge in [-0.2, -0.15) is 0 Å². The Morgan fingerprint density at radius 3 is 2.52 bits per heavy atom. The van der Waals surface area contributed by atoms with Gasteiger partial charge in [0.25, 0.3) is 15.9 Å². The molecule has 1 amide bonds. The van der Waals surface area contributed by atoms with Gasteiger partial charge in [0, 0.05) is 12.3 Å². The van der Waals surface area contributed by atoms with Gasteiger partial charge in [0.15, 0.2) is 0 Å². The Morgan fingerprint density at radius 1 is 1.17 bits per heavy atom. The number of nitrogens with one attached hydrogen (secondary N) is 1. The van der Waals surface area contributed by atoms with Gasteiger partial charge in [-0.25, -0.2) is 13.4 Å². The average Bonchev–Trinajstić information content (AvgIpc) is 2.53. The maximum absolute atomic E-state index is 12.4. The quantitative estimate of drug-likeness (QED) is 0.811. The molecule has 0 fully saturated rings. The molecule has 0 atom stereocenters. The van der Waals surface area contributed by atoms with Gasteiger partial charge in [-0.05, 0) is 24.3 Å². The molecule has 0 aliphatic carbocycles. The minimum absolute atomic E-state index is 0.0334. The number of pyridine rings is 1. The first-order valence-corrected chi connectivity index (χ1v) is 7.86. The highest BCUT2D eigenvalue weighted by Gasteiger charge is 2.19. The van der Waals surface area contributed by atoms with Crippen LogP contribution >= 0.6 is 0 Å². The molecule has 3 N–H and O–H groups in total. The zero-order valence-electron chi connectivity index (χ0n) is 12.4. The molecular formula is C14H15N3O5S. The third-order valence-corrected chi connectivity index (χ3v) is 4.31. The van der Waals surface area contributed by atoms with E-state index in [2.05, 4.69) is 9.71 Å². The largest absolute Gasteiger partial charge is 0.497 e. The topological polar surface area (TPSA) is 121 Å². The Bertz CT molecular complexity index is 836. The van der Waals surface area contributed by atoms with Crippen LogP contribution in [0.3, 0.4) is 0 Å². The van der Waals surface area contributed by atoms with Crippen molar-refractivity contribution in [3.8, 4) is 11.5 Å². The zero-order valence-corrected chi connectivity index (χ0v) is 13.3. The number of ether oxygens (including phenoxy) is 2. The number of methoxy groups -OCH3 is 2. The molecule has 9 heteroatoms. The lowest BCUT2D eigenvalue weighted by atomic mass is 10.2. The van der Waals surface area contributed by atoms with E-state index in [1.54, 1.807) is 6.07 Å². The summed E-state index contributed by atoms with van der Waals surface area (Å²) in [5.41, 5.74) is 5.20. The molecule has 122 valence electrons. The van der Waals surface area contributed by atoms with Crippen molar-refractivity contribution in [1.29, 1.82) is 0 Å². The summed E-state index contributed by atoms with van der Waals surface area (Å²) in [5.74, 6) is -0.0691. The summed E-state index contributed by atoms with van der Waals surface area (Å²) in [4.78, 5) is 15.2. The van der Waals surface area contributed by atoms with Crippen LogP contribution in [0.4, 0.5) is 5.82 Å². The molecule has 2 rings (SSSR count). The highest BCUT2D eigenvalue weighted by molar-refractivity contribution is 7.92. The second-order valence-corrected chi connectivity index (χ2v) is 6.10. The number of anilines is 1. The van der Waals surface area contributed by atoms with Crippen LogP contribution < -0.4 is 19.9 Å². The van der Waals surface area contributed by atoms with Crippen LogP contribution in [0.5, 0.6) is 11.5 Å². The number of benzene rings is 1. The molecule has 1 aromatic carbocycles. The number of nitrogens with zero attached hydrogens (tertiary/aromatic N) is 1. The van der Waals surface area contributed by atoms with E-state index >= 15 is 0 Å². The van der Waals surface area contributed by atoms with Crippen molar-refractivity contribution < 1.29 is 22.7 Å². The molecule has 1 aromatic heterocycles. The van der Waals surface area contributed by atoms with E-state index in [4.69, 9.17) is 15.2 Å². The van der Waals surface area contributed by atoms with Crippen molar-refractivity contribution >= 4 is 21.7 Å². The first-order chi connectivity index (χ1) is 10.9. The third kappa shape index (κ3) is 3.69. The highest BCUT2D eigenvalue weighted by atomic mass is 32.2. The average molecular weight is 337 g/mol. The van der Waals surface area contributed by atoms with E-state index in [-0.39, 0.29) is 22.0 Å². The zero-order chi connectivity index (χ0) is 17.0. The second-order valence-electron chi connectivity index (χ2n) is 4.41. The number of sulfonamides is 1. The molecule has 0 saturated heterocycles. The van der Waals surface area contributed by atoms with Crippen molar-refractivity contribution in [2.24, 2.45) is 5.73 Å². The number of aromatic nitrogens is 1. The first-order valence-electron chi connectivity index (χ1n) is 6.38. The second kappa shape index (κ2) is 6.53. The predicted octanol–water partition coefficient (Wildman–Crippen LogP) is 0.998. The van der Waals surface area contributed by atoms with Gasteiger partial charge < -0.3 is 15.2 Å². The summed E-state index contributed by atoms with van der Waals surface area (Å²) in [5, 5.41) is 0. The number of hydrogen-bond acceptors (Lipinski definition) is 6. The number of nitrogens with two attached hydrogens (primary N) is 1. The van der Waals surface area contributed by atoms with Crippen molar-refractivity contribution in [3.05, 3.63) is 42.1 Å². The van der Waals surface area contributed by atoms with Crippen LogP contribution in [0, 0.1) is 0 Å². The summed E-state index contributed by atoms with van der Waals surface area (Å²) < 4.78 is 37.1. The Hall–Kier alpha value is -2.81. The Morgan fingerprint density at radius 2 is 1.91 bits per heavy atom. The van der Waals surface area contributed by atoms with Crippen LogP contribution in [0.15, 0.2) is 41.4 Å². The van der Waals surface area contributed by atoms with E-state index in [0.29, 0.717) is 5.75 Å². The lowest BCUT2D eigenvalue weighted by Gasteiger charge is -2.11. The van der Waals surface area contributed by atoms with Crippen LogP contribution in [0.25, 0.3) is 0 Å². The molecular weight excluding hydrogens is 322 g/mol. The van der Waals surface area contributed by atoms with Crippen molar-refractivity contribution in [1.82, 2.24) is 4.98 Å². The summed E-state index contributed by atoms with van der Waals surface area (Å²) in [7, 11) is -1.14. The van der Waals surface area contributed by atoms with E-state index in [0.717, 1.165) is 6.07 Å². The predicted molar refractivity (Wildman–Crippen MR) is 83.1 cm³/mol. The molecule has 0 saturated carbocycles. The van der Waals surface area contributed by atoms with Gasteiger partial charge in [0.1, 0.15) is 17.3 Å². The molecule has 0 radical (unpaired) electrons. The van der Waals surface area contributed by atoms with Crippen molar-refractivity contribution in [2.45, 2.75) is 4.90 Å². The molecule has 0 aliphatic rings. The normalized spacial score (nSPS) is 10.9. The van der Waals surface area contributed by atoms with E-state index in [1.807, 2.05) is 0 Å². The number of carbonyl (C=O) groups is 1. The number of rotatable bonds is 6. The lowest BCUT2D eigenvalue weighted by molar-refractivity contribution is 0.0997. The van der Waals surface area contributed by atoms with Gasteiger partial charge in [0.05, 0.1) is 24.7 Å². The Labute approximate surface area is 133 Å². The summed E-state index contributed by atoms with van der Waals surface area (Å²) in [6.07, 6.45) is 1.40. The van der Waals surface area contributed by atoms with E-state index in [1.165, 1.54) is 38.6 Å². The lowest BCUT2D eigenvalue weighted by Crippen LogP contribution is -2.17. The number of hydrogen-bond donors (Lipinski definition) is 2. The Kier molecular flexibility index (Phi) is 4.70. The summed E-state index contributed by atoms with van der Waals surface area (Å²) >= 11 is 0. The fourth-order valence-corrected chi connectivity index (χ4v) is 2.86. The number of carbonyl (C=O) groups excluding carboxylic acids is 1. The van der Waals surface area contributed by atoms with Gasteiger partial charge in [0.2, 0.25) is 0 Å². The fraction of sp³-hybridized carbons (Fsp3) is 0.143. The molecule has 0 bridgehead atoms. The van der Waals surface area contributed by atoms with Crippen molar-refractivity contribution in [3.63, 3.8) is 0 Å². The van der Waals surface area contributed by atoms with Crippen LogP contribution in [0.2, 0.25) is 0 Å². The summed E-state index contributed by atoms with van der Waals surface area (Å²) in [6.45, 7) is 0. The minimum atomic E-state index is -3.95. The maximum atomic E-state index is 12.4. The number of primary amides is 1. The molecule has 0 unspecified atom stereocenters. The monoisotopic (exact) mass is 337 g/mol. The van der Waals surface area contributed by atoms with Gasteiger partial charge >= 0.3 is 0 Å². The van der Waals surface area contributed by atoms with E-state index < -0.39 is 15.9 Å². The van der Waals surface area contributed by atoms with Crippen LogP contribution in [-0.2, 0) is 10.0 Å². The number of amides is 1. The van der Waals surface area contributed by atoms with Crippen LogP contribution in [0.1, 0.15) is 10.4 Å². The maximum Gasteiger partial charge on any atom is 0.263 e. The van der Waals surface area contributed by atoms with Gasteiger partial charge in [-0.3, -0.25) is 9.52 Å². The van der Waals surface area contributed by atoms with Gasteiger partial charge in [-0.1, -0.05) is 0 Å². The van der Waals surface area contributed by atoms with E-state index in [9.17, 15) is 13.2 Å². The molecule has 2 aromatic rings. The van der Waals surface area contributed by atoms with Crippen molar-refractivity contribution in [2.75, 3.05) is 18.9 Å². The molecule has 0 aliphatic heterocycles. The Balaban J connectivity index is 2.39. The summed E-state index contributed by atoms with van der Waals surface area (Å²) in [6, 6.07) is 6.80. The SMILES string of the molecule is COc1ccnc(NS(=O)(=O)c2ccc(OC)c(C(N)=O)c2)c1. The molecule has 1 heterocycles. The molecule has 0 spiro atoms. The van der Waals surface area contributed by atoms with Gasteiger partial charge in [-0.15, -0.1) is 0 Å². The molecule has 23 heavy (non-hydrogen) atoms. The molecule has 8 nitrogen and oxygen atoms in total. The first kappa shape index (κ1) is 16.6. The third-order valence-electron chi connectivity index (χ3n) is 2.95. The minimum Gasteiger partial charge on any atom is -0.497 e. The van der Waals surface area contributed by atoms with Crippen LogP contribution in [-0.4, -0.2) is 33.5 Å².